The van der Waals surface area contributed by atoms with Crippen molar-refractivity contribution in [1.82, 2.24) is 0 Å². The molecule has 0 saturated carbocycles. The minimum absolute atomic E-state index is 0.0825. The average Bonchev–Trinajstić information content (AvgIpc) is 2.47. The van der Waals surface area contributed by atoms with Crippen molar-refractivity contribution in [2.45, 2.75) is 18.6 Å². The lowest BCUT2D eigenvalue weighted by atomic mass is 9.93. The molecule has 0 aliphatic heterocycles. The zero-order valence-electron chi connectivity index (χ0n) is 12.1. The van der Waals surface area contributed by atoms with Crippen LogP contribution in [0.1, 0.15) is 22.7 Å². The fraction of sp³-hybridized carbons (Fsp3) is 0.200. The first-order valence-electron chi connectivity index (χ1n) is 6.60. The lowest BCUT2D eigenvalue weighted by Crippen LogP contribution is -2.20. The molecule has 0 bridgehead atoms. The van der Waals surface area contributed by atoms with Gasteiger partial charge in [0.2, 0.25) is 0 Å². The third-order valence-corrected chi connectivity index (χ3v) is 3.26. The number of hydrogen-bond acceptors (Lipinski definition) is 3. The van der Waals surface area contributed by atoms with E-state index in [0.717, 1.165) is 24.3 Å². The summed E-state index contributed by atoms with van der Waals surface area (Å²) in [4.78, 5) is 0. The fourth-order valence-electron chi connectivity index (χ4n) is 2.19. The molecule has 0 aromatic heterocycles. The quantitative estimate of drug-likeness (QED) is 0.784. The van der Waals surface area contributed by atoms with Crippen molar-refractivity contribution in [3.05, 3.63) is 58.9 Å². The van der Waals surface area contributed by atoms with E-state index in [4.69, 9.17) is 5.73 Å². The van der Waals surface area contributed by atoms with Crippen molar-refractivity contribution < 1.29 is 40.6 Å². The first-order chi connectivity index (χ1) is 11.4. The van der Waals surface area contributed by atoms with Crippen LogP contribution in [0.15, 0.2) is 36.4 Å². The van der Waals surface area contributed by atoms with Crippen molar-refractivity contribution in [2.24, 2.45) is 5.73 Å². The Morgan fingerprint density at radius 2 is 1.48 bits per heavy atom. The second kappa shape index (κ2) is 6.43. The molecule has 0 saturated heterocycles. The summed E-state index contributed by atoms with van der Waals surface area (Å²) >= 11 is 0. The van der Waals surface area contributed by atoms with Crippen molar-refractivity contribution in [3.63, 3.8) is 0 Å². The van der Waals surface area contributed by atoms with Gasteiger partial charge in [0.1, 0.15) is 5.75 Å². The van der Waals surface area contributed by atoms with Gasteiger partial charge in [-0.25, -0.2) is 4.39 Å². The number of benzene rings is 2. The Hall–Kier alpha value is -2.49. The minimum atomic E-state index is -4.94. The summed E-state index contributed by atoms with van der Waals surface area (Å²) < 4.78 is 92.5. The highest BCUT2D eigenvalue weighted by atomic mass is 19.4. The van der Waals surface area contributed by atoms with Crippen LogP contribution < -0.4 is 10.5 Å². The van der Waals surface area contributed by atoms with Gasteiger partial charge in [-0.3, -0.25) is 0 Å². The summed E-state index contributed by atoms with van der Waals surface area (Å²) in [6.07, 6.45) is -9.86. The van der Waals surface area contributed by atoms with E-state index in [1.165, 1.54) is 0 Å². The Balaban J connectivity index is 2.44. The van der Waals surface area contributed by atoms with E-state index in [2.05, 4.69) is 4.74 Å². The number of aromatic hydroxyl groups is 1. The van der Waals surface area contributed by atoms with Crippen LogP contribution in [0.25, 0.3) is 0 Å². The maximum Gasteiger partial charge on any atom is 0.573 e. The molecule has 1 atom stereocenters. The molecule has 0 aliphatic rings. The SMILES string of the molecule is N[C@H](c1ccc(OC(F)(F)F)cc1)c1c(C(F)(F)F)ccc(F)c1O. The van der Waals surface area contributed by atoms with E-state index in [9.17, 15) is 35.8 Å². The molecule has 2 aromatic carbocycles. The van der Waals surface area contributed by atoms with Gasteiger partial charge >= 0.3 is 12.5 Å². The Kier molecular flexibility index (Phi) is 4.85. The Morgan fingerprint density at radius 1 is 0.920 bits per heavy atom. The van der Waals surface area contributed by atoms with Gasteiger partial charge in [0.15, 0.2) is 11.6 Å². The predicted octanol–water partition coefficient (Wildman–Crippen LogP) is 4.50. The van der Waals surface area contributed by atoms with E-state index in [-0.39, 0.29) is 5.56 Å². The molecule has 0 amide bonds. The van der Waals surface area contributed by atoms with E-state index in [1.807, 2.05) is 0 Å². The third-order valence-electron chi connectivity index (χ3n) is 3.26. The largest absolute Gasteiger partial charge is 0.573 e. The number of nitrogens with two attached hydrogens (primary N) is 1. The Bertz CT molecular complexity index is 754. The van der Waals surface area contributed by atoms with Crippen molar-refractivity contribution in [1.29, 1.82) is 0 Å². The van der Waals surface area contributed by atoms with Crippen LogP contribution in [0, 0.1) is 5.82 Å². The molecule has 10 heteroatoms. The van der Waals surface area contributed by atoms with Crippen LogP contribution in [-0.4, -0.2) is 11.5 Å². The molecule has 3 nitrogen and oxygen atoms in total. The van der Waals surface area contributed by atoms with Crippen molar-refractivity contribution in [2.75, 3.05) is 0 Å². The van der Waals surface area contributed by atoms with Crippen LogP contribution in [-0.2, 0) is 6.18 Å². The molecule has 136 valence electrons. The number of hydrogen-bond donors (Lipinski definition) is 2. The second-order valence-corrected chi connectivity index (χ2v) is 4.95. The van der Waals surface area contributed by atoms with Crippen LogP contribution in [0.5, 0.6) is 11.5 Å². The van der Waals surface area contributed by atoms with Gasteiger partial charge in [-0.1, -0.05) is 12.1 Å². The zero-order valence-corrected chi connectivity index (χ0v) is 12.1. The molecule has 0 aliphatic carbocycles. The van der Waals surface area contributed by atoms with Gasteiger partial charge in [0, 0.05) is 5.56 Å². The predicted molar refractivity (Wildman–Crippen MR) is 72.2 cm³/mol. The van der Waals surface area contributed by atoms with E-state index in [0.29, 0.717) is 12.1 Å². The maximum atomic E-state index is 13.5. The average molecular weight is 369 g/mol. The van der Waals surface area contributed by atoms with Gasteiger partial charge in [0.05, 0.1) is 11.6 Å². The van der Waals surface area contributed by atoms with Gasteiger partial charge in [-0.2, -0.15) is 13.2 Å². The van der Waals surface area contributed by atoms with E-state index >= 15 is 0 Å². The standard InChI is InChI=1S/C15H10F7NO2/c16-10-6-5-9(14(17,18)19)11(13(10)24)12(23)7-1-3-8(4-2-7)25-15(20,21)22/h1-6,12,24H,23H2/t12-/m1/s1. The number of phenols is 1. The van der Waals surface area contributed by atoms with Gasteiger partial charge in [-0.05, 0) is 29.8 Å². The molecule has 0 heterocycles. The number of ether oxygens (including phenoxy) is 1. The first-order valence-corrected chi connectivity index (χ1v) is 6.60. The smallest absolute Gasteiger partial charge is 0.505 e. The monoisotopic (exact) mass is 369 g/mol. The maximum absolute atomic E-state index is 13.5. The summed E-state index contributed by atoms with van der Waals surface area (Å²) in [5.41, 5.74) is 3.32. The van der Waals surface area contributed by atoms with Gasteiger partial charge < -0.3 is 15.6 Å². The van der Waals surface area contributed by atoms with Gasteiger partial charge in [-0.15, -0.1) is 13.2 Å². The van der Waals surface area contributed by atoms with Crippen molar-refractivity contribution in [3.8, 4) is 11.5 Å². The molecule has 2 aromatic rings. The number of rotatable bonds is 3. The highest BCUT2D eigenvalue weighted by Crippen LogP contribution is 2.41. The number of halogens is 7. The van der Waals surface area contributed by atoms with Crippen LogP contribution >= 0.6 is 0 Å². The fourth-order valence-corrected chi connectivity index (χ4v) is 2.19. The van der Waals surface area contributed by atoms with Crippen molar-refractivity contribution >= 4 is 0 Å². The molecular formula is C15H10F7NO2. The molecule has 2 rings (SSSR count). The summed E-state index contributed by atoms with van der Waals surface area (Å²) in [6, 6.07) is 2.87. The molecule has 0 radical (unpaired) electrons. The zero-order chi connectivity index (χ0) is 19.0. The number of alkyl halides is 6. The Labute approximate surface area is 136 Å². The number of phenolic OH excluding ortho intramolecular Hbond substituents is 1. The molecule has 25 heavy (non-hydrogen) atoms. The first kappa shape index (κ1) is 18.8. The van der Waals surface area contributed by atoms with Gasteiger partial charge in [0.25, 0.3) is 0 Å². The molecule has 0 unspecified atom stereocenters. The van der Waals surface area contributed by atoms with E-state index < -0.39 is 47.0 Å². The normalized spacial score (nSPS) is 13.6. The molecule has 0 fully saturated rings. The minimum Gasteiger partial charge on any atom is -0.505 e. The third kappa shape index (κ3) is 4.32. The highest BCUT2D eigenvalue weighted by molar-refractivity contribution is 5.48. The molecular weight excluding hydrogens is 359 g/mol. The highest BCUT2D eigenvalue weighted by Gasteiger charge is 2.37. The summed E-state index contributed by atoms with van der Waals surface area (Å²) in [5, 5.41) is 9.65. The lowest BCUT2D eigenvalue weighted by molar-refractivity contribution is -0.274. The second-order valence-electron chi connectivity index (χ2n) is 4.95. The van der Waals surface area contributed by atoms with Crippen LogP contribution in [0.2, 0.25) is 0 Å². The summed E-state index contributed by atoms with van der Waals surface area (Å²) in [5.74, 6) is -3.20. The van der Waals surface area contributed by atoms with E-state index in [1.54, 1.807) is 0 Å². The summed E-state index contributed by atoms with van der Waals surface area (Å²) in [7, 11) is 0. The molecule has 0 spiro atoms. The lowest BCUT2D eigenvalue weighted by Gasteiger charge is -2.20. The van der Waals surface area contributed by atoms with Crippen LogP contribution in [0.4, 0.5) is 30.7 Å². The Morgan fingerprint density at radius 3 is 1.96 bits per heavy atom. The van der Waals surface area contributed by atoms with Crippen LogP contribution in [0.3, 0.4) is 0 Å². The summed E-state index contributed by atoms with van der Waals surface area (Å²) in [6.45, 7) is 0. The topological polar surface area (TPSA) is 55.5 Å². The molecule has 3 N–H and O–H groups in total.